The van der Waals surface area contributed by atoms with E-state index in [0.29, 0.717) is 49.9 Å². The Morgan fingerprint density at radius 3 is 2.35 bits per heavy atom. The molecule has 2 aromatic carbocycles. The van der Waals surface area contributed by atoms with Crippen molar-refractivity contribution < 1.29 is 9.18 Å². The average Bonchev–Trinajstić information content (AvgIpc) is 2.84. The number of aryl methyl sites for hydroxylation is 1. The van der Waals surface area contributed by atoms with Crippen LogP contribution in [0.25, 0.3) is 11.4 Å². The Labute approximate surface area is 220 Å². The minimum atomic E-state index is -0.304. The number of rotatable bonds is 7. The van der Waals surface area contributed by atoms with Crippen molar-refractivity contribution in [1.82, 2.24) is 14.9 Å². The fraction of sp³-hybridized carbons (Fsp3) is 0.452. The van der Waals surface area contributed by atoms with Gasteiger partial charge in [-0.2, -0.15) is 0 Å². The second-order valence-corrected chi connectivity index (χ2v) is 11.5. The van der Waals surface area contributed by atoms with Crippen LogP contribution in [-0.2, 0) is 11.2 Å². The number of nitrogens with zero attached hydrogens (tertiary/aromatic N) is 4. The van der Waals surface area contributed by atoms with E-state index in [1.807, 2.05) is 36.1 Å². The molecule has 196 valence electrons. The molecule has 0 aliphatic carbocycles. The summed E-state index contributed by atoms with van der Waals surface area (Å²) in [5, 5.41) is 0. The van der Waals surface area contributed by atoms with Gasteiger partial charge in [-0.15, -0.1) is 0 Å². The van der Waals surface area contributed by atoms with Crippen molar-refractivity contribution in [2.24, 2.45) is 11.3 Å². The van der Waals surface area contributed by atoms with E-state index in [1.165, 1.54) is 17.7 Å². The van der Waals surface area contributed by atoms with Gasteiger partial charge in [-0.25, -0.2) is 14.4 Å². The average molecular weight is 503 g/mol. The van der Waals surface area contributed by atoms with Crippen LogP contribution in [0.1, 0.15) is 57.4 Å². The predicted molar refractivity (Wildman–Crippen MR) is 148 cm³/mol. The maximum atomic E-state index is 14.0. The van der Waals surface area contributed by atoms with Gasteiger partial charge in [-0.3, -0.25) is 4.79 Å². The van der Waals surface area contributed by atoms with Gasteiger partial charge in [0.05, 0.1) is 0 Å². The van der Waals surface area contributed by atoms with Crippen molar-refractivity contribution in [2.45, 2.75) is 53.9 Å². The molecule has 1 saturated heterocycles. The number of carbonyl (C=O) groups excluding carboxylic acids is 1. The molecule has 2 heterocycles. The van der Waals surface area contributed by atoms with E-state index in [4.69, 9.17) is 9.97 Å². The minimum absolute atomic E-state index is 0.220. The van der Waals surface area contributed by atoms with Gasteiger partial charge < -0.3 is 9.80 Å². The van der Waals surface area contributed by atoms with Crippen LogP contribution in [0.2, 0.25) is 0 Å². The lowest BCUT2D eigenvalue weighted by atomic mass is 9.84. The summed E-state index contributed by atoms with van der Waals surface area (Å²) in [5.41, 5.74) is 4.04. The van der Waals surface area contributed by atoms with Gasteiger partial charge in [0.1, 0.15) is 11.6 Å². The van der Waals surface area contributed by atoms with Gasteiger partial charge in [-0.1, -0.05) is 70.2 Å². The van der Waals surface area contributed by atoms with E-state index in [0.717, 1.165) is 29.9 Å². The largest absolute Gasteiger partial charge is 0.353 e. The Balaban J connectivity index is 1.56. The van der Waals surface area contributed by atoms with Crippen LogP contribution in [0.5, 0.6) is 0 Å². The van der Waals surface area contributed by atoms with Crippen molar-refractivity contribution in [3.8, 4) is 11.4 Å². The number of hydrogen-bond donors (Lipinski definition) is 0. The second kappa shape index (κ2) is 11.4. The molecular formula is C31H39FN4O. The van der Waals surface area contributed by atoms with Gasteiger partial charge in [0.2, 0.25) is 5.91 Å². The Hall–Kier alpha value is -3.28. The lowest BCUT2D eigenvalue weighted by Gasteiger charge is -2.37. The zero-order valence-corrected chi connectivity index (χ0v) is 22.8. The second-order valence-electron chi connectivity index (χ2n) is 11.5. The summed E-state index contributed by atoms with van der Waals surface area (Å²) in [6.07, 6.45) is 2.34. The third-order valence-corrected chi connectivity index (χ3v) is 6.91. The molecule has 6 heteroatoms. The maximum Gasteiger partial charge on any atom is 0.222 e. The molecule has 0 saturated carbocycles. The summed E-state index contributed by atoms with van der Waals surface area (Å²) in [6, 6.07) is 16.7. The van der Waals surface area contributed by atoms with Crippen molar-refractivity contribution in [2.75, 3.05) is 31.1 Å². The molecule has 37 heavy (non-hydrogen) atoms. The first-order valence-corrected chi connectivity index (χ1v) is 13.3. The SMILES string of the molecule is Cc1nc(-c2cccc(F)c2)nc(N2CCN(C(=O)C[C@H](C)CC(C)(C)C)CC2)c1Cc1ccccc1. The van der Waals surface area contributed by atoms with E-state index >= 15 is 0 Å². The number of amides is 1. The highest BCUT2D eigenvalue weighted by atomic mass is 19.1. The monoisotopic (exact) mass is 502 g/mol. The molecule has 3 aromatic rings. The number of hydrogen-bond acceptors (Lipinski definition) is 4. The van der Waals surface area contributed by atoms with E-state index in [2.05, 4.69) is 44.7 Å². The van der Waals surface area contributed by atoms with Gasteiger partial charge in [-0.05, 0) is 42.4 Å². The summed E-state index contributed by atoms with van der Waals surface area (Å²) in [4.78, 5) is 27.0. The number of carbonyl (C=O) groups is 1. The summed E-state index contributed by atoms with van der Waals surface area (Å²) < 4.78 is 14.0. The molecule has 5 nitrogen and oxygen atoms in total. The van der Waals surface area contributed by atoms with Gasteiger partial charge in [0.25, 0.3) is 0 Å². The van der Waals surface area contributed by atoms with Crippen LogP contribution in [0.4, 0.5) is 10.2 Å². The standard InChI is InChI=1S/C31H39FN4O/c1-22(21-31(3,4)5)18-28(37)35-14-16-36(17-15-35)30-27(19-24-10-7-6-8-11-24)23(2)33-29(34-30)25-12-9-13-26(32)20-25/h6-13,20,22H,14-19,21H2,1-5H3/t22-/m0/s1. The third kappa shape index (κ3) is 7.15. The van der Waals surface area contributed by atoms with Crippen LogP contribution in [0, 0.1) is 24.1 Å². The number of benzene rings is 2. The molecule has 1 fully saturated rings. The van der Waals surface area contributed by atoms with Gasteiger partial charge in [0.15, 0.2) is 5.82 Å². The Morgan fingerprint density at radius 2 is 1.70 bits per heavy atom. The number of anilines is 1. The van der Waals surface area contributed by atoms with Crippen LogP contribution >= 0.6 is 0 Å². The predicted octanol–water partition coefficient (Wildman–Crippen LogP) is 6.29. The molecular weight excluding hydrogens is 463 g/mol. The Morgan fingerprint density at radius 1 is 1.00 bits per heavy atom. The van der Waals surface area contributed by atoms with Crippen molar-refractivity contribution in [1.29, 1.82) is 0 Å². The van der Waals surface area contributed by atoms with Crippen LogP contribution in [-0.4, -0.2) is 47.0 Å². The zero-order chi connectivity index (χ0) is 26.6. The lowest BCUT2D eigenvalue weighted by Crippen LogP contribution is -2.49. The van der Waals surface area contributed by atoms with Crippen molar-refractivity contribution >= 4 is 11.7 Å². The lowest BCUT2D eigenvalue weighted by molar-refractivity contribution is -0.132. The highest BCUT2D eigenvalue weighted by Gasteiger charge is 2.27. The summed E-state index contributed by atoms with van der Waals surface area (Å²) >= 11 is 0. The van der Waals surface area contributed by atoms with Gasteiger partial charge in [0, 0.05) is 55.8 Å². The van der Waals surface area contributed by atoms with Crippen LogP contribution in [0.15, 0.2) is 54.6 Å². The topological polar surface area (TPSA) is 49.3 Å². The first-order chi connectivity index (χ1) is 17.6. The molecule has 1 aliphatic heterocycles. The normalized spacial score (nSPS) is 15.1. The fourth-order valence-electron chi connectivity index (χ4n) is 5.32. The number of piperazine rings is 1. The van der Waals surface area contributed by atoms with E-state index in [9.17, 15) is 9.18 Å². The molecule has 0 unspecified atom stereocenters. The Kier molecular flexibility index (Phi) is 8.25. The van der Waals surface area contributed by atoms with Crippen molar-refractivity contribution in [3.63, 3.8) is 0 Å². The maximum absolute atomic E-state index is 14.0. The molecule has 1 amide bonds. The van der Waals surface area contributed by atoms with Crippen molar-refractivity contribution in [3.05, 3.63) is 77.2 Å². The highest BCUT2D eigenvalue weighted by molar-refractivity contribution is 5.76. The van der Waals surface area contributed by atoms with Gasteiger partial charge >= 0.3 is 0 Å². The number of aromatic nitrogens is 2. The molecule has 0 N–H and O–H groups in total. The zero-order valence-electron chi connectivity index (χ0n) is 22.8. The first kappa shape index (κ1) is 26.8. The molecule has 0 radical (unpaired) electrons. The van der Waals surface area contributed by atoms with E-state index in [1.54, 1.807) is 6.07 Å². The first-order valence-electron chi connectivity index (χ1n) is 13.3. The van der Waals surface area contributed by atoms with Crippen LogP contribution in [0.3, 0.4) is 0 Å². The number of halogens is 1. The summed E-state index contributed by atoms with van der Waals surface area (Å²) in [6.45, 7) is 13.6. The summed E-state index contributed by atoms with van der Waals surface area (Å²) in [7, 11) is 0. The summed E-state index contributed by atoms with van der Waals surface area (Å²) in [5.74, 6) is 1.70. The smallest absolute Gasteiger partial charge is 0.222 e. The molecule has 0 bridgehead atoms. The quantitative estimate of drug-likeness (QED) is 0.381. The molecule has 4 rings (SSSR count). The third-order valence-electron chi connectivity index (χ3n) is 6.91. The van der Waals surface area contributed by atoms with E-state index in [-0.39, 0.29) is 17.1 Å². The molecule has 0 spiro atoms. The van der Waals surface area contributed by atoms with E-state index < -0.39 is 0 Å². The molecule has 1 aliphatic rings. The molecule has 1 aromatic heterocycles. The molecule has 1 atom stereocenters. The minimum Gasteiger partial charge on any atom is -0.353 e. The highest BCUT2D eigenvalue weighted by Crippen LogP contribution is 2.30. The fourth-order valence-corrected chi connectivity index (χ4v) is 5.32. The Bertz CT molecular complexity index is 1210. The van der Waals surface area contributed by atoms with Crippen LogP contribution < -0.4 is 4.90 Å².